The van der Waals surface area contributed by atoms with Gasteiger partial charge in [-0.1, -0.05) is 0 Å². The number of aliphatic hydroxyl groups is 1. The van der Waals surface area contributed by atoms with E-state index in [2.05, 4.69) is 10.6 Å². The topological polar surface area (TPSA) is 119 Å². The SMILES string of the molecule is CC(NC(=O)NCC(O)C(=O)O)C(=O)N1CCCC1. The molecule has 8 heteroatoms. The standard InChI is InChI=1S/C11H19N3O5/c1-7(9(16)14-4-2-3-5-14)13-11(19)12-6-8(15)10(17)18/h7-8,15H,2-6H2,1H3,(H,17,18)(H2,12,13,19). The van der Waals surface area contributed by atoms with Crippen LogP contribution in [-0.2, 0) is 9.59 Å². The molecule has 0 bridgehead atoms. The smallest absolute Gasteiger partial charge is 0.334 e. The van der Waals surface area contributed by atoms with E-state index in [1.165, 1.54) is 0 Å². The summed E-state index contributed by atoms with van der Waals surface area (Å²) in [5, 5.41) is 22.0. The van der Waals surface area contributed by atoms with E-state index < -0.39 is 30.7 Å². The monoisotopic (exact) mass is 273 g/mol. The Balaban J connectivity index is 2.30. The summed E-state index contributed by atoms with van der Waals surface area (Å²) in [6, 6.07) is -1.36. The molecule has 8 nitrogen and oxygen atoms in total. The lowest BCUT2D eigenvalue weighted by Crippen LogP contribution is -2.50. The van der Waals surface area contributed by atoms with Gasteiger partial charge in [0.05, 0.1) is 6.54 Å². The first-order valence-electron chi connectivity index (χ1n) is 6.16. The molecule has 0 aromatic carbocycles. The molecule has 2 atom stereocenters. The third-order valence-corrected chi connectivity index (χ3v) is 2.88. The first-order chi connectivity index (χ1) is 8.91. The lowest BCUT2D eigenvalue weighted by Gasteiger charge is -2.21. The molecule has 0 aromatic rings. The summed E-state index contributed by atoms with van der Waals surface area (Å²) in [6.45, 7) is 2.55. The lowest BCUT2D eigenvalue weighted by molar-refractivity contribution is -0.146. The molecule has 19 heavy (non-hydrogen) atoms. The van der Waals surface area contributed by atoms with Crippen molar-refractivity contribution in [1.82, 2.24) is 15.5 Å². The summed E-state index contributed by atoms with van der Waals surface area (Å²) < 4.78 is 0. The number of rotatable bonds is 5. The van der Waals surface area contributed by atoms with Crippen LogP contribution in [0.4, 0.5) is 4.79 Å². The maximum absolute atomic E-state index is 11.9. The van der Waals surface area contributed by atoms with Gasteiger partial charge in [0.1, 0.15) is 6.04 Å². The maximum atomic E-state index is 11.9. The van der Waals surface area contributed by atoms with Crippen molar-refractivity contribution in [1.29, 1.82) is 0 Å². The van der Waals surface area contributed by atoms with Crippen LogP contribution in [0.3, 0.4) is 0 Å². The number of aliphatic hydroxyl groups excluding tert-OH is 1. The molecule has 0 radical (unpaired) electrons. The number of nitrogens with zero attached hydrogens (tertiary/aromatic N) is 1. The third-order valence-electron chi connectivity index (χ3n) is 2.88. The Hall–Kier alpha value is -1.83. The zero-order chi connectivity index (χ0) is 14.4. The minimum Gasteiger partial charge on any atom is -0.479 e. The van der Waals surface area contributed by atoms with Gasteiger partial charge in [-0.15, -0.1) is 0 Å². The molecule has 2 unspecified atom stereocenters. The van der Waals surface area contributed by atoms with Crippen molar-refractivity contribution >= 4 is 17.9 Å². The second-order valence-corrected chi connectivity index (χ2v) is 4.46. The minimum atomic E-state index is -1.66. The summed E-state index contributed by atoms with van der Waals surface area (Å²) in [6.07, 6.45) is 0.278. The van der Waals surface area contributed by atoms with E-state index in [4.69, 9.17) is 10.2 Å². The van der Waals surface area contributed by atoms with Crippen molar-refractivity contribution in [2.24, 2.45) is 0 Å². The van der Waals surface area contributed by atoms with Crippen LogP contribution in [0.2, 0.25) is 0 Å². The van der Waals surface area contributed by atoms with Crippen LogP contribution in [0.1, 0.15) is 19.8 Å². The fourth-order valence-electron chi connectivity index (χ4n) is 1.80. The van der Waals surface area contributed by atoms with Crippen LogP contribution in [0.25, 0.3) is 0 Å². The molecule has 0 saturated carbocycles. The molecule has 4 N–H and O–H groups in total. The van der Waals surface area contributed by atoms with Crippen LogP contribution in [0.5, 0.6) is 0 Å². The van der Waals surface area contributed by atoms with Crippen molar-refractivity contribution < 1.29 is 24.6 Å². The summed E-state index contributed by atoms with van der Waals surface area (Å²) >= 11 is 0. The third kappa shape index (κ3) is 4.74. The summed E-state index contributed by atoms with van der Waals surface area (Å²) in [5.74, 6) is -1.58. The molecule has 1 aliphatic heterocycles. The minimum absolute atomic E-state index is 0.161. The number of carbonyl (C=O) groups is 3. The number of hydrogen-bond donors (Lipinski definition) is 4. The summed E-state index contributed by atoms with van der Waals surface area (Å²) in [5.41, 5.74) is 0. The first kappa shape index (κ1) is 15.2. The summed E-state index contributed by atoms with van der Waals surface area (Å²) in [7, 11) is 0. The van der Waals surface area contributed by atoms with Crippen LogP contribution in [0, 0.1) is 0 Å². The van der Waals surface area contributed by atoms with E-state index in [1.807, 2.05) is 0 Å². The number of likely N-dealkylation sites (tertiary alicyclic amines) is 1. The Morgan fingerprint density at radius 3 is 2.37 bits per heavy atom. The van der Waals surface area contributed by atoms with Crippen molar-refractivity contribution in [3.63, 3.8) is 0 Å². The van der Waals surface area contributed by atoms with E-state index >= 15 is 0 Å². The molecule has 1 rings (SSSR count). The van der Waals surface area contributed by atoms with Gasteiger partial charge in [-0.05, 0) is 19.8 Å². The first-order valence-corrected chi connectivity index (χ1v) is 6.16. The van der Waals surface area contributed by atoms with Gasteiger partial charge in [-0.3, -0.25) is 4.79 Å². The van der Waals surface area contributed by atoms with Crippen LogP contribution in [0.15, 0.2) is 0 Å². The zero-order valence-electron chi connectivity index (χ0n) is 10.8. The fraction of sp³-hybridized carbons (Fsp3) is 0.727. The Morgan fingerprint density at radius 2 is 1.84 bits per heavy atom. The second kappa shape index (κ2) is 6.93. The normalized spacial score (nSPS) is 17.7. The second-order valence-electron chi connectivity index (χ2n) is 4.46. The largest absolute Gasteiger partial charge is 0.479 e. The Bertz CT molecular complexity index is 354. The molecule has 0 aromatic heterocycles. The molecule has 1 heterocycles. The highest BCUT2D eigenvalue weighted by atomic mass is 16.4. The molecule has 0 aliphatic carbocycles. The van der Waals surface area contributed by atoms with Gasteiger partial charge < -0.3 is 25.7 Å². The van der Waals surface area contributed by atoms with Crippen molar-refractivity contribution in [3.8, 4) is 0 Å². The molecular weight excluding hydrogens is 254 g/mol. The van der Waals surface area contributed by atoms with Gasteiger partial charge in [0.15, 0.2) is 6.10 Å². The van der Waals surface area contributed by atoms with Crippen molar-refractivity contribution in [3.05, 3.63) is 0 Å². The van der Waals surface area contributed by atoms with E-state index in [0.29, 0.717) is 13.1 Å². The van der Waals surface area contributed by atoms with Crippen LogP contribution >= 0.6 is 0 Å². The number of urea groups is 1. The number of carboxylic acid groups (broad SMARTS) is 1. The van der Waals surface area contributed by atoms with E-state index in [9.17, 15) is 14.4 Å². The highest BCUT2D eigenvalue weighted by Gasteiger charge is 2.24. The summed E-state index contributed by atoms with van der Waals surface area (Å²) in [4.78, 5) is 35.3. The predicted molar refractivity (Wildman–Crippen MR) is 65.5 cm³/mol. The predicted octanol–water partition coefficient (Wildman–Crippen LogP) is -1.26. The van der Waals surface area contributed by atoms with E-state index in [0.717, 1.165) is 12.8 Å². The maximum Gasteiger partial charge on any atom is 0.334 e. The Labute approximate surface area is 110 Å². The Morgan fingerprint density at radius 1 is 1.26 bits per heavy atom. The zero-order valence-corrected chi connectivity index (χ0v) is 10.8. The molecular formula is C11H19N3O5. The van der Waals surface area contributed by atoms with Crippen LogP contribution in [-0.4, -0.2) is 64.8 Å². The number of nitrogens with one attached hydrogen (secondary N) is 2. The molecule has 1 saturated heterocycles. The molecule has 1 fully saturated rings. The molecule has 1 aliphatic rings. The highest BCUT2D eigenvalue weighted by molar-refractivity contribution is 5.87. The van der Waals surface area contributed by atoms with Gasteiger partial charge in [0.25, 0.3) is 0 Å². The number of carbonyl (C=O) groups excluding carboxylic acids is 2. The average Bonchev–Trinajstić information content (AvgIpc) is 2.88. The van der Waals surface area contributed by atoms with E-state index in [-0.39, 0.29) is 5.91 Å². The number of carboxylic acids is 1. The number of hydrogen-bond acceptors (Lipinski definition) is 4. The molecule has 108 valence electrons. The van der Waals surface area contributed by atoms with Crippen molar-refractivity contribution in [2.75, 3.05) is 19.6 Å². The lowest BCUT2D eigenvalue weighted by atomic mass is 10.3. The number of amides is 3. The van der Waals surface area contributed by atoms with Gasteiger partial charge in [-0.25, -0.2) is 9.59 Å². The van der Waals surface area contributed by atoms with Gasteiger partial charge >= 0.3 is 12.0 Å². The van der Waals surface area contributed by atoms with Gasteiger partial charge in [0.2, 0.25) is 5.91 Å². The fourth-order valence-corrected chi connectivity index (χ4v) is 1.80. The highest BCUT2D eigenvalue weighted by Crippen LogP contribution is 2.08. The quantitative estimate of drug-likeness (QED) is 0.498. The van der Waals surface area contributed by atoms with Crippen molar-refractivity contribution in [2.45, 2.75) is 31.9 Å². The number of aliphatic carboxylic acids is 1. The molecule has 3 amide bonds. The van der Waals surface area contributed by atoms with Gasteiger partial charge in [-0.2, -0.15) is 0 Å². The Kier molecular flexibility index (Phi) is 5.56. The van der Waals surface area contributed by atoms with E-state index in [1.54, 1.807) is 11.8 Å². The molecule has 0 spiro atoms. The van der Waals surface area contributed by atoms with Crippen LogP contribution < -0.4 is 10.6 Å². The van der Waals surface area contributed by atoms with Gasteiger partial charge in [0, 0.05) is 13.1 Å². The average molecular weight is 273 g/mol.